The minimum absolute atomic E-state index is 0.0112. The van der Waals surface area contributed by atoms with E-state index in [2.05, 4.69) is 5.32 Å². The van der Waals surface area contributed by atoms with Crippen molar-refractivity contribution in [3.05, 3.63) is 87.6 Å². The first-order chi connectivity index (χ1) is 17.7. The highest BCUT2D eigenvalue weighted by Crippen LogP contribution is 2.58. The zero-order valence-corrected chi connectivity index (χ0v) is 20.7. The van der Waals surface area contributed by atoms with Gasteiger partial charge >= 0.3 is 5.97 Å². The zero-order chi connectivity index (χ0) is 26.3. The highest BCUT2D eigenvalue weighted by atomic mass is 32.1. The molecule has 5 nitrogen and oxygen atoms in total. The molecule has 2 aliphatic rings. The topological polar surface area (TPSA) is 58.6 Å². The van der Waals surface area contributed by atoms with Gasteiger partial charge in [-0.25, -0.2) is 22.4 Å². The third-order valence-corrected chi connectivity index (χ3v) is 8.20. The maximum Gasteiger partial charge on any atom is 0.333 e. The van der Waals surface area contributed by atoms with E-state index < -0.39 is 40.9 Å². The van der Waals surface area contributed by atoms with E-state index >= 15 is 0 Å². The average Bonchev–Trinajstić information content (AvgIpc) is 3.20. The standard InChI is InChI=1S/C27H24F4N2O3S/c1-15-19-7-8-33(13-22(34)23-6-3-9-37-23)14-27(15,19)36-26(35)25(16-4-2-5-17(28)10-16)32-18-11-20(29)24(31)21(30)12-18/h2-6,9-12,15,19,25,32H,7-8,13-14H2,1H3/t15?,19?,25?,27-/m0/s1. The second kappa shape index (κ2) is 9.90. The van der Waals surface area contributed by atoms with E-state index in [1.165, 1.54) is 29.5 Å². The number of nitrogens with zero attached hydrogens (tertiary/aromatic N) is 1. The number of benzene rings is 2. The van der Waals surface area contributed by atoms with Crippen molar-refractivity contribution >= 4 is 28.8 Å². The Labute approximate surface area is 215 Å². The molecule has 0 amide bonds. The number of piperidine rings is 1. The summed E-state index contributed by atoms with van der Waals surface area (Å²) < 4.78 is 61.2. The molecule has 0 radical (unpaired) electrons. The van der Waals surface area contributed by atoms with Crippen molar-refractivity contribution in [3.63, 3.8) is 0 Å². The van der Waals surface area contributed by atoms with Gasteiger partial charge in [0.15, 0.2) is 29.3 Å². The van der Waals surface area contributed by atoms with Gasteiger partial charge in [0, 0.05) is 36.2 Å². The number of carbonyl (C=O) groups excluding carboxylic acids is 2. The minimum Gasteiger partial charge on any atom is -0.455 e. The number of fused-ring (bicyclic) bond motifs is 1. The number of thiophene rings is 1. The monoisotopic (exact) mass is 532 g/mol. The smallest absolute Gasteiger partial charge is 0.333 e. The number of hydrogen-bond donors (Lipinski definition) is 1. The Balaban J connectivity index is 1.37. The van der Waals surface area contributed by atoms with Crippen LogP contribution >= 0.6 is 11.3 Å². The van der Waals surface area contributed by atoms with E-state index in [1.807, 2.05) is 23.3 Å². The van der Waals surface area contributed by atoms with E-state index in [4.69, 9.17) is 4.74 Å². The quantitative estimate of drug-likeness (QED) is 0.177. The van der Waals surface area contributed by atoms with Crippen LogP contribution in [0.1, 0.15) is 34.6 Å². The molecule has 4 atom stereocenters. The van der Waals surface area contributed by atoms with Crippen LogP contribution in [0.2, 0.25) is 0 Å². The van der Waals surface area contributed by atoms with Crippen molar-refractivity contribution in [1.29, 1.82) is 0 Å². The van der Waals surface area contributed by atoms with E-state index in [-0.39, 0.29) is 35.4 Å². The highest BCUT2D eigenvalue weighted by molar-refractivity contribution is 7.12. The number of nitrogens with one attached hydrogen (secondary N) is 1. The Bertz CT molecular complexity index is 1310. The second-order valence-corrected chi connectivity index (χ2v) is 10.5. The molecule has 194 valence electrons. The third kappa shape index (κ3) is 5.00. The number of ether oxygens (including phenoxy) is 1. The van der Waals surface area contributed by atoms with Gasteiger partial charge in [-0.2, -0.15) is 0 Å². The summed E-state index contributed by atoms with van der Waals surface area (Å²) in [7, 11) is 0. The summed E-state index contributed by atoms with van der Waals surface area (Å²) in [6.07, 6.45) is 0.735. The summed E-state index contributed by atoms with van der Waals surface area (Å²) in [6.45, 7) is 3.21. The molecule has 0 bridgehead atoms. The fourth-order valence-corrected chi connectivity index (χ4v) is 5.93. The van der Waals surface area contributed by atoms with Crippen molar-refractivity contribution < 1.29 is 31.9 Å². The predicted molar refractivity (Wildman–Crippen MR) is 130 cm³/mol. The summed E-state index contributed by atoms with van der Waals surface area (Å²) in [5.74, 6) is -5.75. The number of hydrogen-bond acceptors (Lipinski definition) is 6. The average molecular weight is 533 g/mol. The first-order valence-corrected chi connectivity index (χ1v) is 12.7. The summed E-state index contributed by atoms with van der Waals surface area (Å²) in [6, 6.07) is 8.91. The first-order valence-electron chi connectivity index (χ1n) is 11.9. The lowest BCUT2D eigenvalue weighted by Gasteiger charge is -2.33. The number of rotatable bonds is 8. The molecule has 2 fully saturated rings. The number of Topliss-reactive ketones (excluding diaryl/α,β-unsaturated/α-hetero) is 1. The zero-order valence-electron chi connectivity index (χ0n) is 19.8. The normalized spacial score (nSPS) is 23.7. The van der Waals surface area contributed by atoms with Gasteiger partial charge in [-0.05, 0) is 42.1 Å². The molecule has 1 aliphatic carbocycles. The molecule has 5 rings (SSSR count). The molecule has 1 N–H and O–H groups in total. The van der Waals surface area contributed by atoms with Crippen LogP contribution in [0.15, 0.2) is 53.9 Å². The molecule has 1 saturated heterocycles. The number of halogens is 4. The van der Waals surface area contributed by atoms with Gasteiger partial charge in [0.25, 0.3) is 0 Å². The lowest BCUT2D eigenvalue weighted by Crippen LogP contribution is -2.46. The van der Waals surface area contributed by atoms with E-state index in [9.17, 15) is 27.2 Å². The Hall–Kier alpha value is -3.24. The number of likely N-dealkylation sites (tertiary alicyclic amines) is 1. The predicted octanol–water partition coefficient (Wildman–Crippen LogP) is 5.59. The van der Waals surface area contributed by atoms with E-state index in [0.717, 1.165) is 24.6 Å². The van der Waals surface area contributed by atoms with Crippen molar-refractivity contribution in [2.45, 2.75) is 25.0 Å². The van der Waals surface area contributed by atoms with Gasteiger partial charge in [0.2, 0.25) is 0 Å². The number of esters is 1. The summed E-state index contributed by atoms with van der Waals surface area (Å²) in [4.78, 5) is 28.8. The van der Waals surface area contributed by atoms with E-state index in [0.29, 0.717) is 18.0 Å². The molecular formula is C27H24F4N2O3S. The summed E-state index contributed by atoms with van der Waals surface area (Å²) >= 11 is 1.37. The minimum atomic E-state index is -1.64. The maximum absolute atomic E-state index is 14.0. The van der Waals surface area contributed by atoms with Gasteiger partial charge in [-0.3, -0.25) is 9.69 Å². The van der Waals surface area contributed by atoms with Gasteiger partial charge in [-0.15, -0.1) is 11.3 Å². The van der Waals surface area contributed by atoms with Crippen LogP contribution in [-0.2, 0) is 9.53 Å². The van der Waals surface area contributed by atoms with Crippen LogP contribution in [0.5, 0.6) is 0 Å². The summed E-state index contributed by atoms with van der Waals surface area (Å²) in [5, 5.41) is 4.52. The second-order valence-electron chi connectivity index (χ2n) is 9.56. The van der Waals surface area contributed by atoms with Gasteiger partial charge in [0.1, 0.15) is 11.4 Å². The molecule has 0 spiro atoms. The molecule has 10 heteroatoms. The molecule has 3 aromatic rings. The number of anilines is 1. The van der Waals surface area contributed by atoms with Gasteiger partial charge in [0.05, 0.1) is 11.4 Å². The van der Waals surface area contributed by atoms with E-state index in [1.54, 1.807) is 6.07 Å². The van der Waals surface area contributed by atoms with Gasteiger partial charge in [-0.1, -0.05) is 25.1 Å². The van der Waals surface area contributed by atoms with Crippen molar-refractivity contribution in [2.75, 3.05) is 25.0 Å². The largest absolute Gasteiger partial charge is 0.455 e. The van der Waals surface area contributed by atoms with Crippen LogP contribution in [0.4, 0.5) is 23.2 Å². The Morgan fingerprint density at radius 2 is 1.89 bits per heavy atom. The molecule has 1 aliphatic heterocycles. The Morgan fingerprint density at radius 1 is 1.14 bits per heavy atom. The number of carbonyl (C=O) groups is 2. The Morgan fingerprint density at radius 3 is 2.57 bits per heavy atom. The molecule has 1 saturated carbocycles. The van der Waals surface area contributed by atoms with Crippen LogP contribution in [0, 0.1) is 35.1 Å². The SMILES string of the molecule is CC1C2CCN(CC(=O)c3cccs3)C[C@]12OC(=O)C(Nc1cc(F)c(F)c(F)c1)c1cccc(F)c1. The summed E-state index contributed by atoms with van der Waals surface area (Å²) in [5.41, 5.74) is -0.860. The lowest BCUT2D eigenvalue weighted by atomic mass is 10.0. The third-order valence-electron chi connectivity index (χ3n) is 7.29. The molecule has 2 aromatic carbocycles. The fourth-order valence-electron chi connectivity index (χ4n) is 5.27. The number of ketones is 1. The molecule has 2 heterocycles. The lowest BCUT2D eigenvalue weighted by molar-refractivity contribution is -0.156. The van der Waals surface area contributed by atoms with Crippen LogP contribution < -0.4 is 5.32 Å². The first kappa shape index (κ1) is 25.4. The van der Waals surface area contributed by atoms with Crippen molar-refractivity contribution in [1.82, 2.24) is 4.90 Å². The fraction of sp³-hybridized carbons (Fsp3) is 0.333. The Kier molecular flexibility index (Phi) is 6.80. The van der Waals surface area contributed by atoms with Crippen LogP contribution in [0.3, 0.4) is 0 Å². The van der Waals surface area contributed by atoms with Crippen LogP contribution in [0.25, 0.3) is 0 Å². The van der Waals surface area contributed by atoms with Gasteiger partial charge < -0.3 is 10.1 Å². The van der Waals surface area contributed by atoms with Crippen LogP contribution in [-0.4, -0.2) is 41.9 Å². The van der Waals surface area contributed by atoms with Crippen molar-refractivity contribution in [3.8, 4) is 0 Å². The maximum atomic E-state index is 14.0. The highest BCUT2D eigenvalue weighted by Gasteiger charge is 2.67. The molecule has 37 heavy (non-hydrogen) atoms. The molecule has 3 unspecified atom stereocenters. The molecule has 1 aromatic heterocycles. The van der Waals surface area contributed by atoms with Crippen molar-refractivity contribution in [2.24, 2.45) is 11.8 Å². The molecular weight excluding hydrogens is 508 g/mol.